The summed E-state index contributed by atoms with van der Waals surface area (Å²) in [6.07, 6.45) is 3.92. The molecule has 0 bridgehead atoms. The molecule has 19 heavy (non-hydrogen) atoms. The lowest BCUT2D eigenvalue weighted by molar-refractivity contribution is 0.230. The number of nitrogens with two attached hydrogens (primary N) is 1. The molecular weight excluding hydrogens is 248 g/mol. The molecular formula is C14H17F2N3. The molecule has 2 atom stereocenters. The molecule has 3 rings (SSSR count). The van der Waals surface area contributed by atoms with Gasteiger partial charge in [-0.2, -0.15) is 0 Å². The van der Waals surface area contributed by atoms with Gasteiger partial charge in [-0.25, -0.2) is 13.8 Å². The van der Waals surface area contributed by atoms with Crippen molar-refractivity contribution in [2.75, 3.05) is 0 Å². The van der Waals surface area contributed by atoms with Crippen molar-refractivity contribution >= 4 is 11.0 Å². The number of hydrogen-bond acceptors (Lipinski definition) is 2. The summed E-state index contributed by atoms with van der Waals surface area (Å²) in [6.45, 7) is 2.17. The van der Waals surface area contributed by atoms with E-state index in [9.17, 15) is 8.78 Å². The van der Waals surface area contributed by atoms with Crippen molar-refractivity contribution in [2.45, 2.75) is 38.1 Å². The number of nitrogens with one attached hydrogen (secondary N) is 1. The van der Waals surface area contributed by atoms with E-state index in [1.165, 1.54) is 6.42 Å². The molecule has 102 valence electrons. The van der Waals surface area contributed by atoms with E-state index in [0.29, 0.717) is 22.8 Å². The maximum absolute atomic E-state index is 13.2. The van der Waals surface area contributed by atoms with Crippen molar-refractivity contribution in [3.63, 3.8) is 0 Å². The first kappa shape index (κ1) is 12.5. The van der Waals surface area contributed by atoms with Crippen molar-refractivity contribution < 1.29 is 8.78 Å². The van der Waals surface area contributed by atoms with Gasteiger partial charge in [-0.15, -0.1) is 0 Å². The molecule has 1 saturated carbocycles. The summed E-state index contributed by atoms with van der Waals surface area (Å²) in [4.78, 5) is 7.41. The Morgan fingerprint density at radius 2 is 2.11 bits per heavy atom. The van der Waals surface area contributed by atoms with Crippen LogP contribution in [0.5, 0.6) is 0 Å². The molecule has 1 aromatic carbocycles. The molecule has 3 N–H and O–H groups in total. The molecule has 0 aliphatic heterocycles. The van der Waals surface area contributed by atoms with Gasteiger partial charge < -0.3 is 10.7 Å². The molecule has 1 aliphatic carbocycles. The van der Waals surface area contributed by atoms with E-state index >= 15 is 0 Å². The number of fused-ring (bicyclic) bond motifs is 1. The van der Waals surface area contributed by atoms with Crippen molar-refractivity contribution in [3.05, 3.63) is 29.6 Å². The number of halogens is 2. The number of hydrogen-bond donors (Lipinski definition) is 2. The second kappa shape index (κ2) is 4.27. The van der Waals surface area contributed by atoms with Gasteiger partial charge in [0, 0.05) is 12.1 Å². The summed E-state index contributed by atoms with van der Waals surface area (Å²) in [7, 11) is 0. The van der Waals surface area contributed by atoms with Crippen molar-refractivity contribution in [1.82, 2.24) is 9.97 Å². The zero-order chi connectivity index (χ0) is 13.6. The molecule has 5 heteroatoms. The lowest BCUT2D eigenvalue weighted by atomic mass is 9.76. The molecule has 0 radical (unpaired) electrons. The highest BCUT2D eigenvalue weighted by Gasteiger charge is 2.35. The normalized spacial score (nSPS) is 27.9. The average molecular weight is 265 g/mol. The maximum atomic E-state index is 13.2. The second-order valence-corrected chi connectivity index (χ2v) is 5.73. The van der Waals surface area contributed by atoms with Crippen LogP contribution in [-0.2, 0) is 5.54 Å². The summed E-state index contributed by atoms with van der Waals surface area (Å²) in [5.41, 5.74) is 6.84. The Hall–Kier alpha value is -1.49. The van der Waals surface area contributed by atoms with Crippen LogP contribution >= 0.6 is 0 Å². The summed E-state index contributed by atoms with van der Waals surface area (Å²) in [5.74, 6) is -0.570. The Morgan fingerprint density at radius 1 is 1.37 bits per heavy atom. The Labute approximate surface area is 110 Å². The molecule has 0 spiro atoms. The molecule has 1 fully saturated rings. The third kappa shape index (κ3) is 2.12. The first-order valence-electron chi connectivity index (χ1n) is 6.62. The quantitative estimate of drug-likeness (QED) is 0.832. The smallest absolute Gasteiger partial charge is 0.161 e. The van der Waals surface area contributed by atoms with Crippen LogP contribution in [-0.4, -0.2) is 9.97 Å². The van der Waals surface area contributed by atoms with Crippen LogP contribution in [0.1, 0.15) is 38.4 Å². The fraction of sp³-hybridized carbons (Fsp3) is 0.500. The predicted octanol–water partition coefficient (Wildman–Crippen LogP) is 3.21. The largest absolute Gasteiger partial charge is 0.340 e. The van der Waals surface area contributed by atoms with Crippen LogP contribution in [0.15, 0.2) is 12.1 Å². The minimum atomic E-state index is -0.881. The topological polar surface area (TPSA) is 54.7 Å². The van der Waals surface area contributed by atoms with Gasteiger partial charge in [-0.3, -0.25) is 0 Å². The molecule has 1 aromatic heterocycles. The number of aromatic amines is 1. The van der Waals surface area contributed by atoms with Gasteiger partial charge in [-0.1, -0.05) is 19.8 Å². The molecule has 1 aliphatic rings. The van der Waals surface area contributed by atoms with Crippen LogP contribution in [0.25, 0.3) is 11.0 Å². The van der Waals surface area contributed by atoms with Gasteiger partial charge in [0.2, 0.25) is 0 Å². The number of H-pyrrole nitrogens is 1. The molecule has 2 unspecified atom stereocenters. The van der Waals surface area contributed by atoms with Crippen LogP contribution in [0.3, 0.4) is 0 Å². The molecule has 1 heterocycles. The van der Waals surface area contributed by atoms with Crippen LogP contribution in [0.4, 0.5) is 8.78 Å². The van der Waals surface area contributed by atoms with Gasteiger partial charge in [-0.05, 0) is 18.8 Å². The van der Waals surface area contributed by atoms with E-state index in [-0.39, 0.29) is 0 Å². The number of imidazole rings is 1. The highest BCUT2D eigenvalue weighted by Crippen LogP contribution is 2.37. The fourth-order valence-electron chi connectivity index (χ4n) is 3.05. The van der Waals surface area contributed by atoms with Gasteiger partial charge in [0.1, 0.15) is 5.82 Å². The first-order chi connectivity index (χ1) is 8.98. The third-order valence-electron chi connectivity index (χ3n) is 4.03. The summed E-state index contributed by atoms with van der Waals surface area (Å²) < 4.78 is 26.4. The lowest BCUT2D eigenvalue weighted by Gasteiger charge is -2.35. The Balaban J connectivity index is 2.05. The highest BCUT2D eigenvalue weighted by atomic mass is 19.2. The Kier molecular flexibility index (Phi) is 2.82. The molecule has 3 nitrogen and oxygen atoms in total. The monoisotopic (exact) mass is 265 g/mol. The van der Waals surface area contributed by atoms with E-state index in [1.807, 2.05) is 0 Å². The second-order valence-electron chi connectivity index (χ2n) is 5.73. The highest BCUT2D eigenvalue weighted by molar-refractivity contribution is 5.75. The maximum Gasteiger partial charge on any atom is 0.161 e. The van der Waals surface area contributed by atoms with Crippen LogP contribution in [0.2, 0.25) is 0 Å². The Bertz CT molecular complexity index is 583. The minimum absolute atomic E-state index is 0.428. The van der Waals surface area contributed by atoms with Crippen LogP contribution in [0, 0.1) is 17.6 Å². The summed E-state index contributed by atoms with van der Waals surface area (Å²) in [6, 6.07) is 2.25. The zero-order valence-corrected chi connectivity index (χ0v) is 10.8. The van der Waals surface area contributed by atoms with Gasteiger partial charge in [0.15, 0.2) is 11.6 Å². The summed E-state index contributed by atoms with van der Waals surface area (Å²) in [5, 5.41) is 0. The van der Waals surface area contributed by atoms with Crippen LogP contribution < -0.4 is 5.73 Å². The van der Waals surface area contributed by atoms with E-state index < -0.39 is 17.2 Å². The summed E-state index contributed by atoms with van der Waals surface area (Å²) >= 11 is 0. The lowest BCUT2D eigenvalue weighted by Crippen LogP contribution is -2.42. The van der Waals surface area contributed by atoms with E-state index in [2.05, 4.69) is 16.9 Å². The SMILES string of the molecule is CC1CCCC(N)(c2nc3cc(F)c(F)cc3[nH]2)C1. The number of aromatic nitrogens is 2. The number of rotatable bonds is 1. The van der Waals surface area contributed by atoms with E-state index in [1.54, 1.807) is 0 Å². The van der Waals surface area contributed by atoms with Gasteiger partial charge in [0.05, 0.1) is 16.6 Å². The Morgan fingerprint density at radius 3 is 2.84 bits per heavy atom. The van der Waals surface area contributed by atoms with Gasteiger partial charge >= 0.3 is 0 Å². The standard InChI is InChI=1S/C14H17F2N3/c1-8-3-2-4-14(17,7-8)13-18-11-5-9(15)10(16)6-12(11)19-13/h5-6,8H,2-4,7,17H2,1H3,(H,18,19). The van der Waals surface area contributed by atoms with Crippen molar-refractivity contribution in [1.29, 1.82) is 0 Å². The van der Waals surface area contributed by atoms with E-state index in [0.717, 1.165) is 31.4 Å². The minimum Gasteiger partial charge on any atom is -0.340 e. The fourth-order valence-corrected chi connectivity index (χ4v) is 3.05. The molecule has 0 saturated heterocycles. The third-order valence-corrected chi connectivity index (χ3v) is 4.03. The first-order valence-corrected chi connectivity index (χ1v) is 6.62. The van der Waals surface area contributed by atoms with E-state index in [4.69, 9.17) is 5.73 Å². The number of benzene rings is 1. The molecule has 0 amide bonds. The number of nitrogens with zero attached hydrogens (tertiary/aromatic N) is 1. The van der Waals surface area contributed by atoms with Crippen molar-refractivity contribution in [2.24, 2.45) is 11.7 Å². The average Bonchev–Trinajstić information content (AvgIpc) is 2.73. The zero-order valence-electron chi connectivity index (χ0n) is 10.8. The van der Waals surface area contributed by atoms with Crippen molar-refractivity contribution in [3.8, 4) is 0 Å². The van der Waals surface area contributed by atoms with Gasteiger partial charge in [0.25, 0.3) is 0 Å². The predicted molar refractivity (Wildman–Crippen MR) is 69.5 cm³/mol. The molecule has 2 aromatic rings.